The summed E-state index contributed by atoms with van der Waals surface area (Å²) in [4.78, 5) is 2.41. The molecule has 106 valence electrons. The van der Waals surface area contributed by atoms with Crippen molar-refractivity contribution in [3.05, 3.63) is 34.9 Å². The Morgan fingerprint density at radius 2 is 1.95 bits per heavy atom. The van der Waals surface area contributed by atoms with Crippen LogP contribution in [0.4, 0.5) is 0 Å². The second-order valence-corrected chi connectivity index (χ2v) is 5.71. The standard InChI is InChI=1S/C15H23ClN2O/c1-18(14-7-10-19-11-8-14)9-6-15(17)12-2-4-13(16)5-3-12/h2-5,14-15H,6-11,17H2,1H3. The van der Waals surface area contributed by atoms with Crippen molar-refractivity contribution in [1.29, 1.82) is 0 Å². The molecule has 1 fully saturated rings. The number of ether oxygens (including phenoxy) is 1. The average molecular weight is 283 g/mol. The Kier molecular flexibility index (Phi) is 5.64. The Balaban J connectivity index is 1.79. The van der Waals surface area contributed by atoms with E-state index in [0.717, 1.165) is 49.6 Å². The highest BCUT2D eigenvalue weighted by atomic mass is 35.5. The fourth-order valence-electron chi connectivity index (χ4n) is 2.53. The number of nitrogens with zero attached hydrogens (tertiary/aromatic N) is 1. The van der Waals surface area contributed by atoms with Crippen LogP contribution in [-0.4, -0.2) is 37.7 Å². The topological polar surface area (TPSA) is 38.5 Å². The van der Waals surface area contributed by atoms with Gasteiger partial charge in [0.25, 0.3) is 0 Å². The van der Waals surface area contributed by atoms with Crippen LogP contribution in [0.2, 0.25) is 5.02 Å². The van der Waals surface area contributed by atoms with Crippen LogP contribution in [0.15, 0.2) is 24.3 Å². The third-order valence-electron chi connectivity index (χ3n) is 3.91. The summed E-state index contributed by atoms with van der Waals surface area (Å²) >= 11 is 5.88. The van der Waals surface area contributed by atoms with Gasteiger partial charge in [0.2, 0.25) is 0 Å². The zero-order chi connectivity index (χ0) is 13.7. The molecule has 1 aliphatic rings. The maximum Gasteiger partial charge on any atom is 0.0480 e. The summed E-state index contributed by atoms with van der Waals surface area (Å²) in [6, 6.07) is 8.56. The van der Waals surface area contributed by atoms with E-state index in [2.05, 4.69) is 11.9 Å². The van der Waals surface area contributed by atoms with Gasteiger partial charge in [-0.05, 0) is 50.6 Å². The van der Waals surface area contributed by atoms with E-state index in [4.69, 9.17) is 22.1 Å². The molecule has 2 rings (SSSR count). The molecule has 0 radical (unpaired) electrons. The van der Waals surface area contributed by atoms with E-state index in [9.17, 15) is 0 Å². The first-order valence-electron chi connectivity index (χ1n) is 6.96. The van der Waals surface area contributed by atoms with Gasteiger partial charge < -0.3 is 15.4 Å². The summed E-state index contributed by atoms with van der Waals surface area (Å²) in [6.07, 6.45) is 3.23. The van der Waals surface area contributed by atoms with Gasteiger partial charge in [0.15, 0.2) is 0 Å². The molecule has 1 aromatic rings. The molecule has 0 aliphatic carbocycles. The van der Waals surface area contributed by atoms with Gasteiger partial charge in [-0.1, -0.05) is 23.7 Å². The van der Waals surface area contributed by atoms with E-state index in [1.54, 1.807) is 0 Å². The number of rotatable bonds is 5. The van der Waals surface area contributed by atoms with Crippen molar-refractivity contribution in [2.45, 2.75) is 31.3 Å². The molecule has 1 heterocycles. The van der Waals surface area contributed by atoms with Crippen molar-refractivity contribution in [3.63, 3.8) is 0 Å². The van der Waals surface area contributed by atoms with Crippen molar-refractivity contribution < 1.29 is 4.74 Å². The van der Waals surface area contributed by atoms with Gasteiger partial charge >= 0.3 is 0 Å². The summed E-state index contributed by atoms with van der Waals surface area (Å²) in [5.41, 5.74) is 7.39. The van der Waals surface area contributed by atoms with Gasteiger partial charge in [-0.15, -0.1) is 0 Å². The molecule has 1 saturated heterocycles. The molecular formula is C15H23ClN2O. The van der Waals surface area contributed by atoms with E-state index in [-0.39, 0.29) is 6.04 Å². The van der Waals surface area contributed by atoms with Gasteiger partial charge in [-0.25, -0.2) is 0 Å². The Bertz CT molecular complexity index is 376. The highest BCUT2D eigenvalue weighted by Crippen LogP contribution is 2.19. The van der Waals surface area contributed by atoms with E-state index >= 15 is 0 Å². The predicted molar refractivity (Wildman–Crippen MR) is 79.5 cm³/mol. The molecule has 1 unspecified atom stereocenters. The highest BCUT2D eigenvalue weighted by Gasteiger charge is 2.18. The normalized spacial score (nSPS) is 18.7. The minimum absolute atomic E-state index is 0.0829. The second-order valence-electron chi connectivity index (χ2n) is 5.27. The highest BCUT2D eigenvalue weighted by molar-refractivity contribution is 6.30. The molecule has 1 atom stereocenters. The lowest BCUT2D eigenvalue weighted by molar-refractivity contribution is 0.0422. The summed E-state index contributed by atoms with van der Waals surface area (Å²) in [5, 5.41) is 0.760. The molecule has 19 heavy (non-hydrogen) atoms. The first-order valence-corrected chi connectivity index (χ1v) is 7.33. The number of halogens is 1. The third kappa shape index (κ3) is 4.46. The lowest BCUT2D eigenvalue weighted by atomic mass is 10.0. The number of nitrogens with two attached hydrogens (primary N) is 1. The maximum atomic E-state index is 6.23. The van der Waals surface area contributed by atoms with Crippen LogP contribution in [0, 0.1) is 0 Å². The number of hydrogen-bond acceptors (Lipinski definition) is 3. The Labute approximate surface area is 120 Å². The second kappa shape index (κ2) is 7.25. The molecule has 1 aromatic carbocycles. The summed E-state index contributed by atoms with van der Waals surface area (Å²) in [5.74, 6) is 0. The Morgan fingerprint density at radius 3 is 2.58 bits per heavy atom. The van der Waals surface area contributed by atoms with E-state index in [1.807, 2.05) is 24.3 Å². The predicted octanol–water partition coefficient (Wildman–Crippen LogP) is 2.84. The molecule has 0 bridgehead atoms. The quantitative estimate of drug-likeness (QED) is 0.902. The molecule has 2 N–H and O–H groups in total. The van der Waals surface area contributed by atoms with Crippen LogP contribution in [0.5, 0.6) is 0 Å². The van der Waals surface area contributed by atoms with E-state index < -0.39 is 0 Å². The molecule has 4 heteroatoms. The van der Waals surface area contributed by atoms with E-state index in [1.165, 1.54) is 0 Å². The first kappa shape index (κ1) is 14.8. The average Bonchev–Trinajstić information content (AvgIpc) is 2.46. The van der Waals surface area contributed by atoms with Crippen molar-refractivity contribution in [2.75, 3.05) is 26.8 Å². The molecule has 3 nitrogen and oxygen atoms in total. The van der Waals surface area contributed by atoms with Crippen LogP contribution < -0.4 is 5.73 Å². The van der Waals surface area contributed by atoms with Crippen molar-refractivity contribution in [3.8, 4) is 0 Å². The maximum absolute atomic E-state index is 6.23. The van der Waals surface area contributed by atoms with Crippen LogP contribution in [0.25, 0.3) is 0 Å². The molecular weight excluding hydrogens is 260 g/mol. The summed E-state index contributed by atoms with van der Waals surface area (Å²) in [6.45, 7) is 2.80. The SMILES string of the molecule is CN(CCC(N)c1ccc(Cl)cc1)C1CCOCC1. The first-order chi connectivity index (χ1) is 9.16. The van der Waals surface area contributed by atoms with Gasteiger partial charge in [0.1, 0.15) is 0 Å². The monoisotopic (exact) mass is 282 g/mol. The van der Waals surface area contributed by atoms with Gasteiger partial charge in [0.05, 0.1) is 0 Å². The number of hydrogen-bond donors (Lipinski definition) is 1. The zero-order valence-corrected chi connectivity index (χ0v) is 12.3. The fourth-order valence-corrected chi connectivity index (χ4v) is 2.65. The van der Waals surface area contributed by atoms with Crippen molar-refractivity contribution in [2.24, 2.45) is 5.73 Å². The van der Waals surface area contributed by atoms with Crippen LogP contribution in [-0.2, 0) is 4.74 Å². The lowest BCUT2D eigenvalue weighted by Crippen LogP contribution is -2.38. The molecule has 0 spiro atoms. The van der Waals surface area contributed by atoms with Gasteiger partial charge in [-0.2, -0.15) is 0 Å². The minimum Gasteiger partial charge on any atom is -0.381 e. The van der Waals surface area contributed by atoms with Gasteiger partial charge in [-0.3, -0.25) is 0 Å². The Hall–Kier alpha value is -0.610. The van der Waals surface area contributed by atoms with Gasteiger partial charge in [0, 0.05) is 30.3 Å². The van der Waals surface area contributed by atoms with E-state index in [0.29, 0.717) is 6.04 Å². The fraction of sp³-hybridized carbons (Fsp3) is 0.600. The van der Waals surface area contributed by atoms with Crippen molar-refractivity contribution in [1.82, 2.24) is 4.90 Å². The van der Waals surface area contributed by atoms with Crippen LogP contribution in [0.3, 0.4) is 0 Å². The Morgan fingerprint density at radius 1 is 1.32 bits per heavy atom. The summed E-state index contributed by atoms with van der Waals surface area (Å²) in [7, 11) is 2.19. The zero-order valence-electron chi connectivity index (χ0n) is 11.5. The number of benzene rings is 1. The largest absolute Gasteiger partial charge is 0.381 e. The molecule has 0 amide bonds. The van der Waals surface area contributed by atoms with Crippen LogP contribution >= 0.6 is 11.6 Å². The third-order valence-corrected chi connectivity index (χ3v) is 4.16. The van der Waals surface area contributed by atoms with Crippen LogP contribution in [0.1, 0.15) is 30.9 Å². The van der Waals surface area contributed by atoms with Crippen molar-refractivity contribution >= 4 is 11.6 Å². The smallest absolute Gasteiger partial charge is 0.0480 e. The lowest BCUT2D eigenvalue weighted by Gasteiger charge is -2.31. The molecule has 1 aliphatic heterocycles. The summed E-state index contributed by atoms with van der Waals surface area (Å²) < 4.78 is 5.39. The molecule has 0 saturated carbocycles. The minimum atomic E-state index is 0.0829. The molecule has 0 aromatic heterocycles.